The van der Waals surface area contributed by atoms with Crippen LogP contribution >= 0.6 is 46.8 Å². The van der Waals surface area contributed by atoms with E-state index in [4.69, 9.17) is 36.2 Å². The molecule has 2 amide bonds. The Morgan fingerprint density at radius 1 is 1.07 bits per heavy atom. The summed E-state index contributed by atoms with van der Waals surface area (Å²) < 4.78 is 62.0. The molecule has 11 N–H and O–H groups in total. The van der Waals surface area contributed by atoms with E-state index in [2.05, 4.69) is 34.4 Å². The van der Waals surface area contributed by atoms with Crippen LogP contribution in [0, 0.1) is 11.3 Å². The Balaban J connectivity index is 1.49. The zero-order valence-electron chi connectivity index (χ0n) is 29.8. The van der Waals surface area contributed by atoms with E-state index in [0.29, 0.717) is 11.8 Å². The van der Waals surface area contributed by atoms with Gasteiger partial charge in [0, 0.05) is 36.6 Å². The number of aromatic nitrogens is 4. The number of carbonyl (C=O) groups is 4. The number of amides is 2. The van der Waals surface area contributed by atoms with E-state index in [1.807, 2.05) is 0 Å². The molecule has 0 aliphatic carbocycles. The third-order valence-corrected chi connectivity index (χ3v) is 12.0. The van der Waals surface area contributed by atoms with Gasteiger partial charge in [-0.3, -0.25) is 37.3 Å². The van der Waals surface area contributed by atoms with E-state index in [1.165, 1.54) is 13.8 Å². The van der Waals surface area contributed by atoms with Gasteiger partial charge in [0.25, 0.3) is 0 Å². The molecule has 0 bridgehead atoms. The van der Waals surface area contributed by atoms with E-state index < -0.39 is 102 Å². The van der Waals surface area contributed by atoms with Gasteiger partial charge in [-0.05, 0) is 6.42 Å². The number of halogens is 1. The fourth-order valence-electron chi connectivity index (χ4n) is 4.83. The molecule has 8 unspecified atom stereocenters. The molecule has 322 valence electrons. The minimum atomic E-state index is -5.60. The molecule has 57 heavy (non-hydrogen) atoms. The number of imidazole rings is 1. The van der Waals surface area contributed by atoms with Crippen LogP contribution in [0.15, 0.2) is 12.7 Å². The van der Waals surface area contributed by atoms with E-state index >= 15 is 0 Å². The number of phosphoric acid groups is 3. The molecule has 0 aromatic carbocycles. The largest absolute Gasteiger partial charge is 0.481 e. The van der Waals surface area contributed by atoms with E-state index in [-0.39, 0.29) is 54.5 Å². The molecule has 1 saturated heterocycles. The van der Waals surface area contributed by atoms with Crippen molar-refractivity contribution in [1.82, 2.24) is 30.2 Å². The van der Waals surface area contributed by atoms with Gasteiger partial charge in [-0.25, -0.2) is 28.6 Å². The second-order valence-corrected chi connectivity index (χ2v) is 18.3. The van der Waals surface area contributed by atoms with E-state index in [9.17, 15) is 62.7 Å². The lowest BCUT2D eigenvalue weighted by atomic mass is 9.87. The number of fused-ring (bicyclic) bond motifs is 1. The lowest BCUT2D eigenvalue weighted by Gasteiger charge is -2.30. The van der Waals surface area contributed by atoms with Gasteiger partial charge in [-0.15, -0.1) is 11.6 Å². The number of aliphatic carboxylic acids is 1. The monoisotopic (exact) mass is 915 g/mol. The van der Waals surface area contributed by atoms with Crippen molar-refractivity contribution in [3.63, 3.8) is 0 Å². The Kier molecular flexibility index (Phi) is 17.5. The molecule has 8 atom stereocenters. The van der Waals surface area contributed by atoms with Gasteiger partial charge in [0.15, 0.2) is 17.7 Å². The SMILES string of the molecule is CC(C)(COP(=O)(O)OP(=O)(O)OCC1OC(n2cnc3c(N)ncnc32)C(O)C1OP(=O)(O)O)C(O)C(=O)NCCC(=O)NCCSC(=O)C(CCCl)C(=O)O. The Bertz CT molecular complexity index is 1910. The number of carboxylic acids is 1. The third-order valence-electron chi connectivity index (χ3n) is 7.73. The summed E-state index contributed by atoms with van der Waals surface area (Å²) in [6.45, 7) is 0.0644. The molecule has 1 aliphatic rings. The van der Waals surface area contributed by atoms with Crippen molar-refractivity contribution in [2.75, 3.05) is 43.7 Å². The van der Waals surface area contributed by atoms with Crippen molar-refractivity contribution in [1.29, 1.82) is 0 Å². The van der Waals surface area contributed by atoms with Gasteiger partial charge < -0.3 is 56.0 Å². The highest BCUT2D eigenvalue weighted by Crippen LogP contribution is 2.61. The van der Waals surface area contributed by atoms with Crippen molar-refractivity contribution in [2.24, 2.45) is 11.3 Å². The molecule has 0 radical (unpaired) electrons. The molecule has 2 aromatic heterocycles. The molecular formula is C26H41ClN7O19P3S. The van der Waals surface area contributed by atoms with E-state index in [0.717, 1.165) is 17.2 Å². The molecule has 1 aliphatic heterocycles. The first-order valence-electron chi connectivity index (χ1n) is 16.2. The second kappa shape index (κ2) is 20.5. The molecular weight excluding hydrogens is 875 g/mol. The molecule has 2 aromatic rings. The van der Waals surface area contributed by atoms with Gasteiger partial charge in [0.2, 0.25) is 16.9 Å². The number of thioether (sulfide) groups is 1. The Labute approximate surface area is 331 Å². The van der Waals surface area contributed by atoms with Crippen LogP contribution in [0.3, 0.4) is 0 Å². The van der Waals surface area contributed by atoms with Crippen LogP contribution in [0.4, 0.5) is 5.82 Å². The van der Waals surface area contributed by atoms with Crippen molar-refractivity contribution in [3.05, 3.63) is 12.7 Å². The predicted molar refractivity (Wildman–Crippen MR) is 194 cm³/mol. The molecule has 1 fully saturated rings. The number of nitrogen functional groups attached to an aromatic ring is 1. The highest BCUT2D eigenvalue weighted by molar-refractivity contribution is 8.13. The Hall–Kier alpha value is -2.68. The normalized spacial score (nSPS) is 22.0. The number of nitrogens with one attached hydrogen (secondary N) is 2. The maximum atomic E-state index is 12.7. The summed E-state index contributed by atoms with van der Waals surface area (Å²) in [6.07, 6.45) is -7.22. The van der Waals surface area contributed by atoms with Crippen LogP contribution in [0.5, 0.6) is 0 Å². The van der Waals surface area contributed by atoms with Crippen LogP contribution in [0.2, 0.25) is 0 Å². The van der Waals surface area contributed by atoms with Crippen LogP contribution in [0.25, 0.3) is 11.2 Å². The van der Waals surface area contributed by atoms with Crippen LogP contribution < -0.4 is 16.4 Å². The highest BCUT2D eigenvalue weighted by Gasteiger charge is 2.50. The highest BCUT2D eigenvalue weighted by atomic mass is 35.5. The number of alkyl halides is 1. The average Bonchev–Trinajstić information content (AvgIpc) is 3.66. The number of anilines is 1. The standard InChI is InChI=1S/C26H41ClN7O19P3S/c1-26(2,19(37)22(38)30-6-4-15(35)29-7-8-57-25(41)13(3-5-27)24(39)40)10-50-56(47,48)53-55(45,46)49-9-14-18(52-54(42,43)44)17(36)23(51-14)34-12-33-16-20(28)31-11-32-21(16)34/h11-14,17-19,23,36-37H,3-10H2,1-2H3,(H,29,35)(H,30,38)(H,39,40)(H,45,46)(H,47,48)(H2,28,31,32)(H2,42,43,44). The van der Waals surface area contributed by atoms with Crippen molar-refractivity contribution < 1.29 is 90.4 Å². The van der Waals surface area contributed by atoms with E-state index in [1.54, 1.807) is 0 Å². The first kappa shape index (κ1) is 48.7. The number of ether oxygens (including phenoxy) is 1. The lowest BCUT2D eigenvalue weighted by Crippen LogP contribution is -2.46. The minimum absolute atomic E-state index is 0.00165. The summed E-state index contributed by atoms with van der Waals surface area (Å²) in [5.74, 6) is -4.19. The maximum Gasteiger partial charge on any atom is 0.481 e. The summed E-state index contributed by atoms with van der Waals surface area (Å²) >= 11 is 6.22. The number of carboxylic acid groups (broad SMARTS) is 1. The van der Waals surface area contributed by atoms with Gasteiger partial charge in [-0.1, -0.05) is 25.6 Å². The molecule has 31 heteroatoms. The molecule has 3 rings (SSSR count). The van der Waals surface area contributed by atoms with Gasteiger partial charge in [0.1, 0.15) is 42.2 Å². The number of aliphatic hydroxyl groups excluding tert-OH is 2. The first-order valence-corrected chi connectivity index (χ1v) is 22.3. The summed E-state index contributed by atoms with van der Waals surface area (Å²) in [5, 5.41) is 34.6. The summed E-state index contributed by atoms with van der Waals surface area (Å²) in [4.78, 5) is 98.6. The molecule has 0 spiro atoms. The number of phosphoric ester groups is 3. The van der Waals surface area contributed by atoms with Gasteiger partial charge in [-0.2, -0.15) is 4.31 Å². The van der Waals surface area contributed by atoms with Crippen molar-refractivity contribution >= 4 is 86.7 Å². The maximum absolute atomic E-state index is 12.7. The van der Waals surface area contributed by atoms with Gasteiger partial charge >= 0.3 is 29.4 Å². The van der Waals surface area contributed by atoms with Crippen molar-refractivity contribution in [2.45, 2.75) is 57.3 Å². The topological polar surface area (TPSA) is 401 Å². The fourth-order valence-corrected chi connectivity index (χ4v) is 8.71. The summed E-state index contributed by atoms with van der Waals surface area (Å²) in [7, 11) is -16.5. The predicted octanol–water partition coefficient (Wildman–Crippen LogP) is -1.01. The Morgan fingerprint density at radius 3 is 2.37 bits per heavy atom. The summed E-state index contributed by atoms with van der Waals surface area (Å²) in [5.41, 5.74) is 4.18. The zero-order valence-corrected chi connectivity index (χ0v) is 34.1. The quantitative estimate of drug-likeness (QED) is 0.0276. The fraction of sp³-hybridized carbons (Fsp3) is 0.654. The number of carbonyl (C=O) groups excluding carboxylic acids is 3. The minimum Gasteiger partial charge on any atom is -0.481 e. The number of nitrogens with zero attached hydrogens (tertiary/aromatic N) is 4. The Morgan fingerprint density at radius 2 is 1.74 bits per heavy atom. The first-order chi connectivity index (χ1) is 26.4. The number of rotatable bonds is 23. The van der Waals surface area contributed by atoms with Crippen LogP contribution in [0.1, 0.15) is 32.9 Å². The van der Waals surface area contributed by atoms with Crippen LogP contribution in [-0.2, 0) is 55.5 Å². The van der Waals surface area contributed by atoms with Gasteiger partial charge in [0.05, 0.1) is 19.5 Å². The molecule has 0 saturated carbocycles. The van der Waals surface area contributed by atoms with Crippen molar-refractivity contribution in [3.8, 4) is 0 Å². The third kappa shape index (κ3) is 14.5. The summed E-state index contributed by atoms with van der Waals surface area (Å²) in [6, 6.07) is 0. The second-order valence-electron chi connectivity index (χ2n) is 12.6. The number of aliphatic hydroxyl groups is 2. The molecule has 3 heterocycles. The average molecular weight is 916 g/mol. The smallest absolute Gasteiger partial charge is 0.481 e. The van der Waals surface area contributed by atoms with Crippen LogP contribution in [-0.4, -0.2) is 140 Å². The molecule has 26 nitrogen and oxygen atoms in total. The lowest BCUT2D eigenvalue weighted by molar-refractivity contribution is -0.144. The number of hydrogen-bond acceptors (Lipinski definition) is 19. The zero-order chi connectivity index (χ0) is 42.9. The number of nitrogens with two attached hydrogens (primary N) is 1. The number of hydrogen-bond donors (Lipinski definition) is 10.